The fourth-order valence-corrected chi connectivity index (χ4v) is 2.64. The van der Waals surface area contributed by atoms with E-state index in [4.69, 9.17) is 32.7 Å². The molecule has 0 saturated heterocycles. The molecule has 10 heteroatoms. The molecule has 0 heterocycles. The van der Waals surface area contributed by atoms with Gasteiger partial charge < -0.3 is 19.7 Å². The van der Waals surface area contributed by atoms with Gasteiger partial charge in [-0.2, -0.15) is 0 Å². The Bertz CT molecular complexity index is 847. The second-order valence-electron chi connectivity index (χ2n) is 6.10. The molecule has 0 bridgehead atoms. The fourth-order valence-electron chi connectivity index (χ4n) is 2.39. The number of hydrogen-bond donors (Lipinski definition) is 2. The molecule has 30 heavy (non-hydrogen) atoms. The van der Waals surface area contributed by atoms with Gasteiger partial charge in [-0.25, -0.2) is 9.59 Å². The first-order chi connectivity index (χ1) is 14.2. The van der Waals surface area contributed by atoms with Gasteiger partial charge in [0.15, 0.2) is 0 Å². The summed E-state index contributed by atoms with van der Waals surface area (Å²) in [4.78, 5) is 47.1. The van der Waals surface area contributed by atoms with E-state index in [-0.39, 0.29) is 12.8 Å². The molecule has 0 spiro atoms. The summed E-state index contributed by atoms with van der Waals surface area (Å²) in [6, 6.07) is 12.2. The van der Waals surface area contributed by atoms with Crippen molar-refractivity contribution in [2.45, 2.75) is 25.0 Å². The van der Waals surface area contributed by atoms with Crippen LogP contribution in [0.1, 0.15) is 11.1 Å². The number of carbonyl (C=O) groups is 4. The standard InChI is InChI=1S/C20H16Cl2O8/c21-13-5-1-11(2-6-13)9-15(23)29-17(19(25)26)18(20(27)28)30-16(24)10-12-3-7-14(22)8-4-12/h1-8,17-18H,9-10H2,(H,25,26)(H,27,28)/t17-,18-/m1/s1. The molecule has 2 atom stereocenters. The molecule has 2 aromatic carbocycles. The van der Waals surface area contributed by atoms with E-state index < -0.39 is 36.1 Å². The van der Waals surface area contributed by atoms with Gasteiger partial charge in [0.05, 0.1) is 12.8 Å². The highest BCUT2D eigenvalue weighted by molar-refractivity contribution is 6.30. The number of esters is 2. The molecule has 8 nitrogen and oxygen atoms in total. The number of rotatable bonds is 9. The van der Waals surface area contributed by atoms with E-state index in [1.165, 1.54) is 48.5 Å². The Morgan fingerprint density at radius 3 is 1.23 bits per heavy atom. The highest BCUT2D eigenvalue weighted by Gasteiger charge is 2.40. The second-order valence-corrected chi connectivity index (χ2v) is 6.98. The van der Waals surface area contributed by atoms with Crippen LogP contribution >= 0.6 is 23.2 Å². The first-order valence-electron chi connectivity index (χ1n) is 8.49. The summed E-state index contributed by atoms with van der Waals surface area (Å²) < 4.78 is 9.58. The molecule has 0 fully saturated rings. The topological polar surface area (TPSA) is 127 Å². The molecule has 0 aliphatic heterocycles. The van der Waals surface area contributed by atoms with Crippen molar-refractivity contribution in [1.29, 1.82) is 0 Å². The number of ether oxygens (including phenoxy) is 2. The van der Waals surface area contributed by atoms with Gasteiger partial charge in [-0.05, 0) is 35.4 Å². The number of hydrogen-bond acceptors (Lipinski definition) is 6. The summed E-state index contributed by atoms with van der Waals surface area (Å²) >= 11 is 11.5. The summed E-state index contributed by atoms with van der Waals surface area (Å²) in [5.74, 6) is -5.56. The maximum absolute atomic E-state index is 12.1. The normalized spacial score (nSPS) is 12.5. The van der Waals surface area contributed by atoms with Crippen LogP contribution < -0.4 is 0 Å². The third-order valence-corrected chi connectivity index (χ3v) is 4.31. The lowest BCUT2D eigenvalue weighted by atomic mass is 10.1. The van der Waals surface area contributed by atoms with Gasteiger partial charge >= 0.3 is 23.9 Å². The van der Waals surface area contributed by atoms with Crippen LogP contribution in [-0.2, 0) is 41.5 Å². The van der Waals surface area contributed by atoms with Crippen LogP contribution in [0.5, 0.6) is 0 Å². The van der Waals surface area contributed by atoms with E-state index in [0.717, 1.165) is 0 Å². The zero-order chi connectivity index (χ0) is 22.3. The Balaban J connectivity index is 2.06. The molecule has 2 rings (SSSR count). The zero-order valence-corrected chi connectivity index (χ0v) is 16.8. The van der Waals surface area contributed by atoms with Crippen LogP contribution in [0.4, 0.5) is 0 Å². The van der Waals surface area contributed by atoms with Gasteiger partial charge in [0, 0.05) is 10.0 Å². The van der Waals surface area contributed by atoms with Gasteiger partial charge in [-0.1, -0.05) is 47.5 Å². The molecular weight excluding hydrogens is 439 g/mol. The number of aliphatic carboxylic acids is 2. The lowest BCUT2D eigenvalue weighted by Crippen LogP contribution is -2.46. The molecule has 158 valence electrons. The molecule has 2 N–H and O–H groups in total. The molecule has 2 aromatic rings. The van der Waals surface area contributed by atoms with Crippen molar-refractivity contribution in [2.75, 3.05) is 0 Å². The smallest absolute Gasteiger partial charge is 0.349 e. The number of carboxylic acid groups (broad SMARTS) is 2. The molecule has 0 radical (unpaired) electrons. The number of benzene rings is 2. The zero-order valence-electron chi connectivity index (χ0n) is 15.3. The second kappa shape index (κ2) is 10.6. The summed E-state index contributed by atoms with van der Waals surface area (Å²) in [6.45, 7) is 0. The van der Waals surface area contributed by atoms with Crippen molar-refractivity contribution in [3.05, 3.63) is 69.7 Å². The number of carbonyl (C=O) groups excluding carboxylic acids is 2. The van der Waals surface area contributed by atoms with Crippen molar-refractivity contribution >= 4 is 47.1 Å². The van der Waals surface area contributed by atoms with Crippen LogP contribution in [0.2, 0.25) is 10.0 Å². The van der Waals surface area contributed by atoms with Gasteiger partial charge in [-0.15, -0.1) is 0 Å². The monoisotopic (exact) mass is 454 g/mol. The Hall–Kier alpha value is -3.10. The average Bonchev–Trinajstić information content (AvgIpc) is 2.68. The highest BCUT2D eigenvalue weighted by Crippen LogP contribution is 2.14. The average molecular weight is 455 g/mol. The fraction of sp³-hybridized carbons (Fsp3) is 0.200. The molecule has 0 unspecified atom stereocenters. The Labute approximate surface area is 180 Å². The van der Waals surface area contributed by atoms with E-state index in [1.807, 2.05) is 0 Å². The van der Waals surface area contributed by atoms with E-state index in [0.29, 0.717) is 21.2 Å². The quantitative estimate of drug-likeness (QED) is 0.553. The van der Waals surface area contributed by atoms with Gasteiger partial charge in [-0.3, -0.25) is 9.59 Å². The van der Waals surface area contributed by atoms with Crippen LogP contribution in [0.15, 0.2) is 48.5 Å². The molecule has 0 aliphatic rings. The minimum absolute atomic E-state index is 0.327. The van der Waals surface area contributed by atoms with Gasteiger partial charge in [0.25, 0.3) is 0 Å². The first kappa shape index (κ1) is 23.2. The first-order valence-corrected chi connectivity index (χ1v) is 9.24. The van der Waals surface area contributed by atoms with Crippen molar-refractivity contribution in [3.8, 4) is 0 Å². The summed E-state index contributed by atoms with van der Waals surface area (Å²) in [5.41, 5.74) is 0.945. The third-order valence-electron chi connectivity index (χ3n) is 3.80. The third kappa shape index (κ3) is 7.06. The highest BCUT2D eigenvalue weighted by atomic mass is 35.5. The van der Waals surface area contributed by atoms with Crippen LogP contribution in [-0.4, -0.2) is 46.3 Å². The molecule has 0 aliphatic carbocycles. The van der Waals surface area contributed by atoms with Crippen LogP contribution in [0.3, 0.4) is 0 Å². The van der Waals surface area contributed by atoms with Crippen LogP contribution in [0, 0.1) is 0 Å². The SMILES string of the molecule is O=C(Cc1ccc(Cl)cc1)O[C@@H](C(=O)O)[C@@H](OC(=O)Cc1ccc(Cl)cc1)C(=O)O. The number of carboxylic acids is 2. The minimum Gasteiger partial charge on any atom is -0.478 e. The van der Waals surface area contributed by atoms with Gasteiger partial charge in [0.2, 0.25) is 12.2 Å². The van der Waals surface area contributed by atoms with Crippen molar-refractivity contribution in [3.63, 3.8) is 0 Å². The molecule has 0 saturated carbocycles. The van der Waals surface area contributed by atoms with Crippen molar-refractivity contribution in [2.24, 2.45) is 0 Å². The Morgan fingerprint density at radius 1 is 0.667 bits per heavy atom. The van der Waals surface area contributed by atoms with E-state index in [1.54, 1.807) is 0 Å². The summed E-state index contributed by atoms with van der Waals surface area (Å²) in [6.07, 6.45) is -5.11. The molecule has 0 amide bonds. The predicted molar refractivity (Wildman–Crippen MR) is 105 cm³/mol. The van der Waals surface area contributed by atoms with E-state index >= 15 is 0 Å². The minimum atomic E-state index is -2.23. The predicted octanol–water partition coefficient (Wildman–Crippen LogP) is 2.77. The lowest BCUT2D eigenvalue weighted by Gasteiger charge is -2.21. The Morgan fingerprint density at radius 2 is 0.967 bits per heavy atom. The molecule has 0 aromatic heterocycles. The Kier molecular flexibility index (Phi) is 8.20. The van der Waals surface area contributed by atoms with E-state index in [9.17, 15) is 29.4 Å². The summed E-state index contributed by atoms with van der Waals surface area (Å²) in [7, 11) is 0. The van der Waals surface area contributed by atoms with Gasteiger partial charge in [0.1, 0.15) is 0 Å². The van der Waals surface area contributed by atoms with Crippen molar-refractivity contribution < 1.29 is 38.9 Å². The van der Waals surface area contributed by atoms with Crippen molar-refractivity contribution in [1.82, 2.24) is 0 Å². The maximum Gasteiger partial charge on any atom is 0.349 e. The van der Waals surface area contributed by atoms with Crippen LogP contribution in [0.25, 0.3) is 0 Å². The molecular formula is C20H16Cl2O8. The maximum atomic E-state index is 12.1. The van der Waals surface area contributed by atoms with E-state index in [2.05, 4.69) is 0 Å². The lowest BCUT2D eigenvalue weighted by molar-refractivity contribution is -0.187. The summed E-state index contributed by atoms with van der Waals surface area (Å²) in [5, 5.41) is 19.5. The number of halogens is 2. The largest absolute Gasteiger partial charge is 0.478 e.